The first-order valence-electron chi connectivity index (χ1n) is 3.87. The van der Waals surface area contributed by atoms with Gasteiger partial charge in [0.15, 0.2) is 0 Å². The molecular weight excluding hydrogens is 160 g/mol. The second-order valence-electron chi connectivity index (χ2n) is 2.57. The largest absolute Gasteiger partial charge is 0.377 e. The van der Waals surface area contributed by atoms with E-state index in [1.807, 2.05) is 13.8 Å². The van der Waals surface area contributed by atoms with Crippen molar-refractivity contribution in [3.05, 3.63) is 0 Å². The van der Waals surface area contributed by atoms with Crippen LogP contribution in [-0.2, 0) is 14.4 Å². The van der Waals surface area contributed by atoms with Gasteiger partial charge in [0.1, 0.15) is 6.61 Å². The van der Waals surface area contributed by atoms with E-state index in [4.69, 9.17) is 10.5 Å². The molecule has 0 radical (unpaired) electrons. The van der Waals surface area contributed by atoms with Gasteiger partial charge in [0.2, 0.25) is 5.91 Å². The van der Waals surface area contributed by atoms with Gasteiger partial charge in [-0.05, 0) is 13.8 Å². The predicted molar refractivity (Wildman–Crippen MR) is 44.2 cm³/mol. The van der Waals surface area contributed by atoms with Gasteiger partial charge < -0.3 is 10.5 Å². The standard InChI is InChI=1S/C7H16N2O3/c1-6(2)11-4-3-9-12-5-7(8)10/h6,9H,3-5H2,1-2H3,(H2,8,10). The number of nitrogens with one attached hydrogen (secondary N) is 1. The lowest BCUT2D eigenvalue weighted by Gasteiger charge is -2.07. The molecule has 12 heavy (non-hydrogen) atoms. The molecule has 0 aliphatic rings. The van der Waals surface area contributed by atoms with Gasteiger partial charge in [-0.25, -0.2) is 0 Å². The first-order chi connectivity index (χ1) is 5.63. The lowest BCUT2D eigenvalue weighted by atomic mass is 10.5. The first-order valence-corrected chi connectivity index (χ1v) is 3.87. The number of nitrogens with two attached hydrogens (primary N) is 1. The summed E-state index contributed by atoms with van der Waals surface area (Å²) in [5, 5.41) is 0. The Kier molecular flexibility index (Phi) is 6.64. The van der Waals surface area contributed by atoms with Crippen molar-refractivity contribution in [2.24, 2.45) is 5.73 Å². The summed E-state index contributed by atoms with van der Waals surface area (Å²) in [6, 6.07) is 0. The van der Waals surface area contributed by atoms with Gasteiger partial charge in [0.25, 0.3) is 0 Å². The molecule has 0 unspecified atom stereocenters. The van der Waals surface area contributed by atoms with Crippen molar-refractivity contribution in [3.8, 4) is 0 Å². The minimum Gasteiger partial charge on any atom is -0.377 e. The number of hydroxylamine groups is 1. The molecular formula is C7H16N2O3. The molecule has 0 aliphatic heterocycles. The molecule has 5 heteroatoms. The van der Waals surface area contributed by atoms with Gasteiger partial charge in [-0.1, -0.05) is 0 Å². The Hall–Kier alpha value is -0.650. The lowest BCUT2D eigenvalue weighted by molar-refractivity contribution is -0.125. The lowest BCUT2D eigenvalue weighted by Crippen LogP contribution is -2.27. The third kappa shape index (κ3) is 9.35. The SMILES string of the molecule is CC(C)OCCNOCC(N)=O. The number of primary amides is 1. The maximum Gasteiger partial charge on any atom is 0.245 e. The highest BCUT2D eigenvalue weighted by Gasteiger charge is 1.94. The molecule has 0 heterocycles. The number of rotatable bonds is 7. The smallest absolute Gasteiger partial charge is 0.245 e. The van der Waals surface area contributed by atoms with Crippen LogP contribution in [0.4, 0.5) is 0 Å². The summed E-state index contributed by atoms with van der Waals surface area (Å²) in [6.07, 6.45) is 0.211. The summed E-state index contributed by atoms with van der Waals surface area (Å²) < 4.78 is 5.19. The maximum atomic E-state index is 10.2. The highest BCUT2D eigenvalue weighted by atomic mass is 16.6. The van der Waals surface area contributed by atoms with Crippen LogP contribution in [0.25, 0.3) is 0 Å². The van der Waals surface area contributed by atoms with Crippen LogP contribution in [0.1, 0.15) is 13.8 Å². The highest BCUT2D eigenvalue weighted by Crippen LogP contribution is 1.84. The van der Waals surface area contributed by atoms with E-state index in [2.05, 4.69) is 10.3 Å². The molecule has 72 valence electrons. The van der Waals surface area contributed by atoms with Crippen molar-refractivity contribution in [2.45, 2.75) is 20.0 Å². The monoisotopic (exact) mass is 176 g/mol. The zero-order chi connectivity index (χ0) is 9.40. The third-order valence-electron chi connectivity index (χ3n) is 0.972. The van der Waals surface area contributed by atoms with Gasteiger partial charge >= 0.3 is 0 Å². The molecule has 0 aromatic carbocycles. The van der Waals surface area contributed by atoms with E-state index >= 15 is 0 Å². The molecule has 0 fully saturated rings. The number of ether oxygens (including phenoxy) is 1. The summed E-state index contributed by atoms with van der Waals surface area (Å²) >= 11 is 0. The fourth-order valence-corrected chi connectivity index (χ4v) is 0.531. The fourth-order valence-electron chi connectivity index (χ4n) is 0.531. The Labute approximate surface area is 72.2 Å². The summed E-state index contributed by atoms with van der Waals surface area (Å²) in [5.74, 6) is -0.493. The molecule has 0 bridgehead atoms. The van der Waals surface area contributed by atoms with E-state index in [-0.39, 0.29) is 12.7 Å². The average molecular weight is 176 g/mol. The van der Waals surface area contributed by atoms with Crippen LogP contribution in [0.15, 0.2) is 0 Å². The van der Waals surface area contributed by atoms with Gasteiger partial charge in [0, 0.05) is 6.54 Å². The van der Waals surface area contributed by atoms with Gasteiger partial charge in [0.05, 0.1) is 12.7 Å². The minimum absolute atomic E-state index is 0.109. The second-order valence-corrected chi connectivity index (χ2v) is 2.57. The van der Waals surface area contributed by atoms with Crippen LogP contribution >= 0.6 is 0 Å². The van der Waals surface area contributed by atoms with E-state index in [0.29, 0.717) is 13.2 Å². The second kappa shape index (κ2) is 7.02. The van der Waals surface area contributed by atoms with E-state index in [0.717, 1.165) is 0 Å². The van der Waals surface area contributed by atoms with Crippen molar-refractivity contribution < 1.29 is 14.4 Å². The fraction of sp³-hybridized carbons (Fsp3) is 0.857. The summed E-state index contributed by atoms with van der Waals surface area (Å²) in [4.78, 5) is 14.8. The van der Waals surface area contributed by atoms with Gasteiger partial charge in [-0.3, -0.25) is 9.63 Å². The number of carbonyl (C=O) groups is 1. The van der Waals surface area contributed by atoms with Gasteiger partial charge in [-0.15, -0.1) is 0 Å². The van der Waals surface area contributed by atoms with Crippen LogP contribution in [0, 0.1) is 0 Å². The Morgan fingerprint density at radius 1 is 1.58 bits per heavy atom. The topological polar surface area (TPSA) is 73.6 Å². The number of hydrogen-bond acceptors (Lipinski definition) is 4. The summed E-state index contributed by atoms with van der Waals surface area (Å²) in [7, 11) is 0. The molecule has 0 spiro atoms. The van der Waals surface area contributed by atoms with Gasteiger partial charge in [-0.2, -0.15) is 5.48 Å². The molecule has 5 nitrogen and oxygen atoms in total. The van der Waals surface area contributed by atoms with Crippen molar-refractivity contribution in [1.82, 2.24) is 5.48 Å². The average Bonchev–Trinajstić information content (AvgIpc) is 1.95. The predicted octanol–water partition coefficient (Wildman–Crippen LogP) is -0.582. The minimum atomic E-state index is -0.493. The van der Waals surface area contributed by atoms with Crippen LogP contribution in [-0.4, -0.2) is 31.8 Å². The van der Waals surface area contributed by atoms with Crippen molar-refractivity contribution in [2.75, 3.05) is 19.8 Å². The summed E-state index contributed by atoms with van der Waals surface area (Å²) in [6.45, 7) is 4.89. The Balaban J connectivity index is 2.96. The number of hydrogen-bond donors (Lipinski definition) is 2. The number of carbonyl (C=O) groups excluding carboxylic acids is 1. The van der Waals surface area contributed by atoms with Crippen molar-refractivity contribution in [3.63, 3.8) is 0 Å². The maximum absolute atomic E-state index is 10.2. The third-order valence-corrected chi connectivity index (χ3v) is 0.972. The normalized spacial score (nSPS) is 10.6. The Morgan fingerprint density at radius 2 is 2.25 bits per heavy atom. The molecule has 0 saturated carbocycles. The molecule has 1 amide bonds. The Bertz CT molecular complexity index is 128. The number of amides is 1. The zero-order valence-electron chi connectivity index (χ0n) is 7.50. The molecule has 0 aromatic heterocycles. The zero-order valence-corrected chi connectivity index (χ0v) is 7.50. The van der Waals surface area contributed by atoms with Crippen molar-refractivity contribution >= 4 is 5.91 Å². The quantitative estimate of drug-likeness (QED) is 0.402. The van der Waals surface area contributed by atoms with Crippen LogP contribution < -0.4 is 11.2 Å². The van der Waals surface area contributed by atoms with Crippen LogP contribution in [0.2, 0.25) is 0 Å². The van der Waals surface area contributed by atoms with E-state index in [9.17, 15) is 4.79 Å². The van der Waals surface area contributed by atoms with E-state index in [1.165, 1.54) is 0 Å². The van der Waals surface area contributed by atoms with Crippen LogP contribution in [0.5, 0.6) is 0 Å². The Morgan fingerprint density at radius 3 is 2.75 bits per heavy atom. The molecule has 0 aliphatic carbocycles. The molecule has 0 aromatic rings. The van der Waals surface area contributed by atoms with E-state index < -0.39 is 5.91 Å². The molecule has 3 N–H and O–H groups in total. The van der Waals surface area contributed by atoms with Crippen LogP contribution in [0.3, 0.4) is 0 Å². The highest BCUT2D eigenvalue weighted by molar-refractivity contribution is 5.74. The molecule has 0 saturated heterocycles. The van der Waals surface area contributed by atoms with Crippen molar-refractivity contribution in [1.29, 1.82) is 0 Å². The first kappa shape index (κ1) is 11.4. The summed E-state index contributed by atoms with van der Waals surface area (Å²) in [5.41, 5.74) is 7.37. The molecule has 0 atom stereocenters. The molecule has 0 rings (SSSR count). The van der Waals surface area contributed by atoms with E-state index in [1.54, 1.807) is 0 Å².